The molecule has 0 saturated heterocycles. The van der Waals surface area contributed by atoms with E-state index in [9.17, 15) is 4.79 Å². The lowest BCUT2D eigenvalue weighted by atomic mass is 10.1. The predicted octanol–water partition coefficient (Wildman–Crippen LogP) is 4.21. The first-order chi connectivity index (χ1) is 13.2. The Morgan fingerprint density at radius 3 is 2.56 bits per heavy atom. The van der Waals surface area contributed by atoms with Gasteiger partial charge in [-0.15, -0.1) is 0 Å². The van der Waals surface area contributed by atoms with Crippen molar-refractivity contribution in [3.8, 4) is 6.07 Å². The third kappa shape index (κ3) is 5.27. The van der Waals surface area contributed by atoms with Gasteiger partial charge in [-0.05, 0) is 54.1 Å². The van der Waals surface area contributed by atoms with Crippen LogP contribution in [-0.2, 0) is 11.2 Å². The predicted molar refractivity (Wildman–Crippen MR) is 105 cm³/mol. The Morgan fingerprint density at radius 1 is 1.15 bits per heavy atom. The molecule has 1 N–H and O–H groups in total. The van der Waals surface area contributed by atoms with Crippen molar-refractivity contribution < 1.29 is 4.79 Å². The van der Waals surface area contributed by atoms with Gasteiger partial charge in [0.15, 0.2) is 0 Å². The maximum atomic E-state index is 11.3. The molecular weight excluding hydrogens is 356 g/mol. The number of hydrogen-bond donors (Lipinski definition) is 1. The minimum absolute atomic E-state index is 0.237. The van der Waals surface area contributed by atoms with Crippen LogP contribution < -0.4 is 5.32 Å². The number of aromatic nitrogens is 2. The van der Waals surface area contributed by atoms with Gasteiger partial charge in [-0.2, -0.15) is 5.26 Å². The van der Waals surface area contributed by atoms with Crippen LogP contribution in [0.1, 0.15) is 17.0 Å². The maximum absolute atomic E-state index is 11.3. The second-order valence-electron chi connectivity index (χ2n) is 5.62. The van der Waals surface area contributed by atoms with Crippen molar-refractivity contribution in [3.63, 3.8) is 0 Å². The number of amides is 1. The fourth-order valence-electron chi connectivity index (χ4n) is 2.32. The summed E-state index contributed by atoms with van der Waals surface area (Å²) in [6.07, 6.45) is 3.58. The molecule has 0 aliphatic carbocycles. The topological polar surface area (TPSA) is 78.7 Å². The van der Waals surface area contributed by atoms with Gasteiger partial charge in [-0.3, -0.25) is 4.79 Å². The van der Waals surface area contributed by atoms with E-state index >= 15 is 0 Å². The zero-order valence-corrected chi connectivity index (χ0v) is 15.2. The summed E-state index contributed by atoms with van der Waals surface area (Å²) in [5.74, 6) is 0.484. The minimum atomic E-state index is -0.237. The van der Waals surface area contributed by atoms with Crippen LogP contribution in [0.5, 0.6) is 0 Å². The van der Waals surface area contributed by atoms with E-state index in [0.717, 1.165) is 21.3 Å². The molecule has 1 aromatic heterocycles. The van der Waals surface area contributed by atoms with Crippen LogP contribution in [0.25, 0.3) is 0 Å². The number of anilines is 1. The molecule has 0 spiro atoms. The average molecular weight is 372 g/mol. The van der Waals surface area contributed by atoms with Crippen LogP contribution in [0.15, 0.2) is 83.4 Å². The summed E-state index contributed by atoms with van der Waals surface area (Å²) < 4.78 is 0. The molecule has 3 rings (SSSR count). The van der Waals surface area contributed by atoms with E-state index in [0.29, 0.717) is 17.7 Å². The van der Waals surface area contributed by atoms with E-state index in [1.165, 1.54) is 17.8 Å². The lowest BCUT2D eigenvalue weighted by Crippen LogP contribution is -2.06. The Labute approximate surface area is 161 Å². The molecule has 0 fully saturated rings. The molecule has 2 aromatic carbocycles. The van der Waals surface area contributed by atoms with Gasteiger partial charge in [0.2, 0.25) is 5.91 Å². The number of nitrogens with zero attached hydrogens (tertiary/aromatic N) is 3. The molecule has 0 aliphatic heterocycles. The molecule has 0 bridgehead atoms. The highest BCUT2D eigenvalue weighted by molar-refractivity contribution is 7.99. The van der Waals surface area contributed by atoms with Crippen molar-refractivity contribution in [1.82, 2.24) is 9.97 Å². The van der Waals surface area contributed by atoms with Crippen molar-refractivity contribution >= 4 is 23.4 Å². The van der Waals surface area contributed by atoms with Crippen molar-refractivity contribution in [2.75, 3.05) is 5.32 Å². The first-order valence-electron chi connectivity index (χ1n) is 8.18. The van der Waals surface area contributed by atoms with Gasteiger partial charge in [0.05, 0.1) is 11.6 Å². The van der Waals surface area contributed by atoms with Crippen molar-refractivity contribution in [2.45, 2.75) is 16.3 Å². The highest BCUT2D eigenvalue weighted by Gasteiger charge is 2.05. The Hall–Kier alpha value is -3.43. The highest BCUT2D eigenvalue weighted by atomic mass is 32.2. The van der Waals surface area contributed by atoms with E-state index in [-0.39, 0.29) is 5.91 Å². The molecule has 0 radical (unpaired) electrons. The van der Waals surface area contributed by atoms with Gasteiger partial charge >= 0.3 is 0 Å². The Balaban J connectivity index is 1.67. The van der Waals surface area contributed by atoms with Gasteiger partial charge in [-0.25, -0.2) is 9.97 Å². The lowest BCUT2D eigenvalue weighted by molar-refractivity contribution is -0.111. The number of carbonyl (C=O) groups excluding carboxylic acids is 1. The number of benzene rings is 2. The minimum Gasteiger partial charge on any atom is -0.323 e. The summed E-state index contributed by atoms with van der Waals surface area (Å²) >= 11 is 1.52. The average Bonchev–Trinajstić information content (AvgIpc) is 2.70. The van der Waals surface area contributed by atoms with Crippen LogP contribution in [0, 0.1) is 11.3 Å². The first-order valence-corrected chi connectivity index (χ1v) is 9.00. The zero-order chi connectivity index (χ0) is 19.1. The van der Waals surface area contributed by atoms with Gasteiger partial charge in [0.25, 0.3) is 0 Å². The smallest absolute Gasteiger partial charge is 0.247 e. The SMILES string of the molecule is C=CC(=O)Nc1ccc(Sc2ccnc(Cc3ccc(C#N)cc3)n2)cc1. The molecule has 3 aromatic rings. The fraction of sp³-hybridized carbons (Fsp3) is 0.0476. The van der Waals surface area contributed by atoms with Crippen molar-refractivity contribution in [3.05, 3.63) is 90.4 Å². The molecule has 1 heterocycles. The third-order valence-electron chi connectivity index (χ3n) is 3.65. The van der Waals surface area contributed by atoms with E-state index in [4.69, 9.17) is 5.26 Å². The molecule has 0 unspecified atom stereocenters. The fourth-order valence-corrected chi connectivity index (χ4v) is 3.12. The van der Waals surface area contributed by atoms with E-state index < -0.39 is 0 Å². The molecule has 6 heteroatoms. The first kappa shape index (κ1) is 18.4. The quantitative estimate of drug-likeness (QED) is 0.518. The summed E-state index contributed by atoms with van der Waals surface area (Å²) in [5, 5.41) is 12.4. The summed E-state index contributed by atoms with van der Waals surface area (Å²) in [6, 6.07) is 18.9. The Kier molecular flexibility index (Phi) is 5.98. The third-order valence-corrected chi connectivity index (χ3v) is 4.60. The Morgan fingerprint density at radius 2 is 1.89 bits per heavy atom. The normalized spacial score (nSPS) is 10.0. The van der Waals surface area contributed by atoms with Gasteiger partial charge < -0.3 is 5.32 Å². The molecule has 0 saturated carbocycles. The summed E-state index contributed by atoms with van der Waals surface area (Å²) in [5.41, 5.74) is 2.41. The van der Waals surface area contributed by atoms with Crippen LogP contribution >= 0.6 is 11.8 Å². The van der Waals surface area contributed by atoms with Crippen LogP contribution in [0.4, 0.5) is 5.69 Å². The molecule has 5 nitrogen and oxygen atoms in total. The molecule has 0 aliphatic rings. The van der Waals surface area contributed by atoms with E-state index in [2.05, 4.69) is 27.9 Å². The second-order valence-corrected chi connectivity index (χ2v) is 6.71. The maximum Gasteiger partial charge on any atom is 0.247 e. The van der Waals surface area contributed by atoms with Crippen LogP contribution in [-0.4, -0.2) is 15.9 Å². The monoisotopic (exact) mass is 372 g/mol. The summed E-state index contributed by atoms with van der Waals surface area (Å²) in [7, 11) is 0. The molecular formula is C21H16N4OS. The Bertz CT molecular complexity index is 992. The number of nitrogens with one attached hydrogen (secondary N) is 1. The number of nitriles is 1. The number of carbonyl (C=O) groups is 1. The summed E-state index contributed by atoms with van der Waals surface area (Å²) in [6.45, 7) is 3.43. The molecule has 27 heavy (non-hydrogen) atoms. The van der Waals surface area contributed by atoms with Crippen LogP contribution in [0.2, 0.25) is 0 Å². The van der Waals surface area contributed by atoms with Crippen molar-refractivity contribution in [2.24, 2.45) is 0 Å². The van der Waals surface area contributed by atoms with E-state index in [1.807, 2.05) is 42.5 Å². The largest absolute Gasteiger partial charge is 0.323 e. The second kappa shape index (κ2) is 8.79. The van der Waals surface area contributed by atoms with Crippen LogP contribution in [0.3, 0.4) is 0 Å². The zero-order valence-electron chi connectivity index (χ0n) is 14.4. The van der Waals surface area contributed by atoms with Crippen molar-refractivity contribution in [1.29, 1.82) is 5.26 Å². The van der Waals surface area contributed by atoms with Gasteiger partial charge in [0.1, 0.15) is 10.9 Å². The molecule has 132 valence electrons. The standard InChI is InChI=1S/C21H16N4OS/c1-2-20(26)24-17-7-9-18(10-8-17)27-21-11-12-23-19(25-21)13-15-3-5-16(14-22)6-4-15/h2-12H,1,13H2,(H,24,26). The van der Waals surface area contributed by atoms with E-state index in [1.54, 1.807) is 18.3 Å². The lowest BCUT2D eigenvalue weighted by Gasteiger charge is -2.06. The summed E-state index contributed by atoms with van der Waals surface area (Å²) in [4.78, 5) is 21.2. The van der Waals surface area contributed by atoms with Gasteiger partial charge in [0, 0.05) is 23.2 Å². The highest BCUT2D eigenvalue weighted by Crippen LogP contribution is 2.27. The number of rotatable bonds is 6. The molecule has 0 atom stereocenters. The number of hydrogen-bond acceptors (Lipinski definition) is 5. The van der Waals surface area contributed by atoms with Gasteiger partial charge in [-0.1, -0.05) is 30.5 Å². The molecule has 1 amide bonds.